The maximum Gasteiger partial charge on any atom is 0.333 e. The van der Waals surface area contributed by atoms with Crippen LogP contribution in [-0.4, -0.2) is 29.8 Å². The van der Waals surface area contributed by atoms with Crippen LogP contribution in [0.5, 0.6) is 0 Å². The van der Waals surface area contributed by atoms with Crippen molar-refractivity contribution < 1.29 is 19.2 Å². The summed E-state index contributed by atoms with van der Waals surface area (Å²) < 4.78 is 4.98. The number of hydrogen-bond donors (Lipinski definition) is 1. The van der Waals surface area contributed by atoms with Gasteiger partial charge in [0.05, 0.1) is 15.5 Å². The molecule has 27 heavy (non-hydrogen) atoms. The van der Waals surface area contributed by atoms with E-state index in [-0.39, 0.29) is 40.6 Å². The van der Waals surface area contributed by atoms with Crippen LogP contribution in [0.15, 0.2) is 54.6 Å². The van der Waals surface area contributed by atoms with Crippen molar-refractivity contribution in [2.75, 3.05) is 18.5 Å². The zero-order valence-corrected chi connectivity index (χ0v) is 15.3. The second-order valence-corrected chi connectivity index (χ2v) is 6.05. The van der Waals surface area contributed by atoms with E-state index in [9.17, 15) is 19.7 Å². The molecule has 2 aromatic carbocycles. The number of anilines is 1. The molecular weight excluding hydrogens is 372 g/mol. The number of ketones is 1. The van der Waals surface area contributed by atoms with Gasteiger partial charge in [0, 0.05) is 35.5 Å². The van der Waals surface area contributed by atoms with E-state index < -0.39 is 16.7 Å². The van der Waals surface area contributed by atoms with Gasteiger partial charge in [0.1, 0.15) is 6.61 Å². The average molecular weight is 389 g/mol. The quantitative estimate of drug-likeness (QED) is 0.183. The van der Waals surface area contributed by atoms with Crippen LogP contribution in [-0.2, 0) is 9.53 Å². The van der Waals surface area contributed by atoms with E-state index in [2.05, 4.69) is 11.9 Å². The van der Waals surface area contributed by atoms with E-state index >= 15 is 0 Å². The van der Waals surface area contributed by atoms with E-state index in [1.807, 2.05) is 0 Å². The van der Waals surface area contributed by atoms with Gasteiger partial charge < -0.3 is 10.1 Å². The van der Waals surface area contributed by atoms with Crippen LogP contribution in [0.2, 0.25) is 5.02 Å². The van der Waals surface area contributed by atoms with Gasteiger partial charge in [0.25, 0.3) is 5.69 Å². The van der Waals surface area contributed by atoms with Crippen molar-refractivity contribution in [2.24, 2.45) is 0 Å². The van der Waals surface area contributed by atoms with Crippen molar-refractivity contribution in [3.05, 3.63) is 80.9 Å². The maximum absolute atomic E-state index is 12.8. The number of ether oxygens (including phenoxy) is 1. The fourth-order valence-electron chi connectivity index (χ4n) is 2.23. The number of non-ortho nitro benzene ring substituents is 1. The minimum absolute atomic E-state index is 0.0441. The first-order valence-electron chi connectivity index (χ1n) is 7.95. The van der Waals surface area contributed by atoms with E-state index in [0.29, 0.717) is 5.69 Å². The summed E-state index contributed by atoms with van der Waals surface area (Å²) in [7, 11) is 0. The van der Waals surface area contributed by atoms with Crippen molar-refractivity contribution in [3.8, 4) is 0 Å². The number of esters is 1. The number of hydrogen-bond acceptors (Lipinski definition) is 6. The lowest BCUT2D eigenvalue weighted by molar-refractivity contribution is -0.384. The fourth-order valence-corrected chi connectivity index (χ4v) is 2.45. The van der Waals surface area contributed by atoms with Crippen LogP contribution in [0.1, 0.15) is 22.8 Å². The molecule has 0 amide bonds. The molecule has 0 fully saturated rings. The summed E-state index contributed by atoms with van der Waals surface area (Å²) >= 11 is 6.07. The van der Waals surface area contributed by atoms with Gasteiger partial charge in [-0.25, -0.2) is 4.79 Å². The zero-order valence-electron chi connectivity index (χ0n) is 14.5. The van der Waals surface area contributed by atoms with E-state index in [4.69, 9.17) is 16.3 Å². The third kappa shape index (κ3) is 5.15. The average Bonchev–Trinajstić information content (AvgIpc) is 2.64. The first-order chi connectivity index (χ1) is 12.8. The SMILES string of the molecule is C=C(C)C(=O)OCCNc1ccc([N+](=O)[O-])cc1C(=O)c1ccccc1Cl. The summed E-state index contributed by atoms with van der Waals surface area (Å²) in [6.07, 6.45) is 0. The van der Waals surface area contributed by atoms with Gasteiger partial charge in [0.2, 0.25) is 0 Å². The predicted molar refractivity (Wildman–Crippen MR) is 102 cm³/mol. The van der Waals surface area contributed by atoms with Gasteiger partial charge in [-0.3, -0.25) is 14.9 Å². The molecular formula is C19H17ClN2O5. The topological polar surface area (TPSA) is 98.5 Å². The number of benzene rings is 2. The Hall–Kier alpha value is -3.19. The minimum atomic E-state index is -0.582. The highest BCUT2D eigenvalue weighted by molar-refractivity contribution is 6.35. The molecule has 2 rings (SSSR count). The van der Waals surface area contributed by atoms with Crippen molar-refractivity contribution in [3.63, 3.8) is 0 Å². The third-order valence-electron chi connectivity index (χ3n) is 3.58. The van der Waals surface area contributed by atoms with E-state index in [0.717, 1.165) is 0 Å². The lowest BCUT2D eigenvalue weighted by Gasteiger charge is -2.12. The summed E-state index contributed by atoms with van der Waals surface area (Å²) in [5.74, 6) is -0.974. The van der Waals surface area contributed by atoms with Crippen LogP contribution in [0, 0.1) is 10.1 Å². The van der Waals surface area contributed by atoms with Gasteiger partial charge in [-0.2, -0.15) is 0 Å². The summed E-state index contributed by atoms with van der Waals surface area (Å²) in [6.45, 7) is 5.27. The monoisotopic (exact) mass is 388 g/mol. The van der Waals surface area contributed by atoms with E-state index in [1.165, 1.54) is 25.1 Å². The predicted octanol–water partition coefficient (Wildman–Crippen LogP) is 4.01. The smallest absolute Gasteiger partial charge is 0.333 e. The lowest BCUT2D eigenvalue weighted by Crippen LogP contribution is -2.16. The molecule has 0 saturated carbocycles. The second-order valence-electron chi connectivity index (χ2n) is 5.64. The molecule has 7 nitrogen and oxygen atoms in total. The molecule has 8 heteroatoms. The van der Waals surface area contributed by atoms with Gasteiger partial charge in [-0.15, -0.1) is 0 Å². The number of nitrogens with zero attached hydrogens (tertiary/aromatic N) is 1. The molecule has 1 N–H and O–H groups in total. The Labute approximate surface area is 160 Å². The summed E-state index contributed by atoms with van der Waals surface area (Å²) in [6, 6.07) is 10.4. The normalized spacial score (nSPS) is 10.1. The third-order valence-corrected chi connectivity index (χ3v) is 3.91. The number of nitrogens with one attached hydrogen (secondary N) is 1. The van der Waals surface area contributed by atoms with Crippen LogP contribution in [0.25, 0.3) is 0 Å². The molecule has 0 heterocycles. The lowest BCUT2D eigenvalue weighted by atomic mass is 10.0. The maximum atomic E-state index is 12.8. The summed E-state index contributed by atoms with van der Waals surface area (Å²) in [5, 5.41) is 14.3. The number of nitro benzene ring substituents is 1. The van der Waals surface area contributed by atoms with Crippen molar-refractivity contribution in [1.29, 1.82) is 0 Å². The van der Waals surface area contributed by atoms with Crippen molar-refractivity contribution in [1.82, 2.24) is 0 Å². The number of carbonyl (C=O) groups is 2. The molecule has 0 aliphatic carbocycles. The first kappa shape index (κ1) is 20.1. The largest absolute Gasteiger partial charge is 0.460 e. The highest BCUT2D eigenvalue weighted by atomic mass is 35.5. The fraction of sp³-hybridized carbons (Fsp3) is 0.158. The van der Waals surface area contributed by atoms with Gasteiger partial charge >= 0.3 is 5.97 Å². The molecule has 0 atom stereocenters. The number of halogens is 1. The Balaban J connectivity index is 2.25. The molecule has 0 aliphatic heterocycles. The first-order valence-corrected chi connectivity index (χ1v) is 8.33. The molecule has 0 aromatic heterocycles. The molecule has 0 saturated heterocycles. The van der Waals surface area contributed by atoms with Crippen LogP contribution < -0.4 is 5.32 Å². The molecule has 0 unspecified atom stereocenters. The minimum Gasteiger partial charge on any atom is -0.460 e. The van der Waals surface area contributed by atoms with E-state index in [1.54, 1.807) is 24.3 Å². The summed E-state index contributed by atoms with van der Waals surface area (Å²) in [5.41, 5.74) is 0.765. The van der Waals surface area contributed by atoms with Crippen LogP contribution in [0.3, 0.4) is 0 Å². The highest BCUT2D eigenvalue weighted by Crippen LogP contribution is 2.27. The number of nitro groups is 1. The van der Waals surface area contributed by atoms with Crippen molar-refractivity contribution >= 4 is 34.7 Å². The number of carbonyl (C=O) groups excluding carboxylic acids is 2. The Morgan fingerprint density at radius 3 is 2.56 bits per heavy atom. The van der Waals surface area contributed by atoms with Crippen LogP contribution in [0.4, 0.5) is 11.4 Å². The number of rotatable bonds is 8. The second kappa shape index (κ2) is 8.95. The van der Waals surface area contributed by atoms with Gasteiger partial charge in [-0.05, 0) is 25.1 Å². The highest BCUT2D eigenvalue weighted by Gasteiger charge is 2.20. The molecule has 0 bridgehead atoms. The molecule has 0 radical (unpaired) electrons. The Morgan fingerprint density at radius 1 is 1.22 bits per heavy atom. The zero-order chi connectivity index (χ0) is 20.0. The summed E-state index contributed by atoms with van der Waals surface area (Å²) in [4.78, 5) is 34.7. The molecule has 2 aromatic rings. The molecule has 0 spiro atoms. The molecule has 140 valence electrons. The standard InChI is InChI=1S/C19H17ClN2O5/c1-12(2)19(24)27-10-9-21-17-8-7-13(22(25)26)11-15(17)18(23)14-5-3-4-6-16(14)20/h3-8,11,21H,1,9-10H2,2H3. The van der Waals surface area contributed by atoms with Gasteiger partial charge in [-0.1, -0.05) is 30.3 Å². The Morgan fingerprint density at radius 2 is 1.93 bits per heavy atom. The Bertz CT molecular complexity index is 911. The van der Waals surface area contributed by atoms with Gasteiger partial charge in [0.15, 0.2) is 5.78 Å². The van der Waals surface area contributed by atoms with Crippen molar-refractivity contribution in [2.45, 2.75) is 6.92 Å². The van der Waals surface area contributed by atoms with Crippen LogP contribution >= 0.6 is 11.6 Å². The molecule has 0 aliphatic rings. The Kier molecular flexibility index (Phi) is 6.67.